The highest BCUT2D eigenvalue weighted by Crippen LogP contribution is 2.18. The molecule has 2 N–H and O–H groups in total. The van der Waals surface area contributed by atoms with Crippen molar-refractivity contribution in [1.29, 1.82) is 0 Å². The fraction of sp³-hybridized carbons (Fsp3) is 0.125. The number of hydrogen-bond acceptors (Lipinski definition) is 5. The third-order valence-corrected chi connectivity index (χ3v) is 4.79. The molecule has 0 atom stereocenters. The average molecular weight is 347 g/mol. The van der Waals surface area contributed by atoms with Gasteiger partial charge in [-0.1, -0.05) is 18.7 Å². The van der Waals surface area contributed by atoms with Gasteiger partial charge in [-0.2, -0.15) is 0 Å². The zero-order valence-electron chi connectivity index (χ0n) is 13.2. The minimum Gasteiger partial charge on any atom is -0.308 e. The van der Waals surface area contributed by atoms with Crippen LogP contribution in [0.2, 0.25) is 0 Å². The highest BCUT2D eigenvalue weighted by atomic mass is 32.2. The Balaban J connectivity index is 2.12. The van der Waals surface area contributed by atoms with Gasteiger partial charge in [-0.05, 0) is 48.7 Å². The molecular weight excluding hydrogens is 330 g/mol. The molecule has 0 aromatic heterocycles. The van der Waals surface area contributed by atoms with E-state index < -0.39 is 14.9 Å². The van der Waals surface area contributed by atoms with E-state index in [-0.39, 0.29) is 16.3 Å². The molecule has 0 aliphatic heterocycles. The number of nitro benzene ring substituents is 1. The fourth-order valence-corrected chi connectivity index (χ4v) is 3.24. The molecule has 0 saturated heterocycles. The van der Waals surface area contributed by atoms with Crippen molar-refractivity contribution in [3.8, 4) is 0 Å². The summed E-state index contributed by atoms with van der Waals surface area (Å²) >= 11 is 0. The van der Waals surface area contributed by atoms with E-state index in [4.69, 9.17) is 0 Å². The van der Waals surface area contributed by atoms with Gasteiger partial charge in [0.05, 0.1) is 9.82 Å². The van der Waals surface area contributed by atoms with Crippen molar-refractivity contribution >= 4 is 21.4 Å². The van der Waals surface area contributed by atoms with Crippen LogP contribution in [0.15, 0.2) is 53.9 Å². The third-order valence-electron chi connectivity index (χ3n) is 3.40. The largest absolute Gasteiger partial charge is 0.308 e. The molecule has 0 amide bonds. The van der Waals surface area contributed by atoms with Gasteiger partial charge in [0.15, 0.2) is 0 Å². The van der Waals surface area contributed by atoms with Crippen LogP contribution in [0.5, 0.6) is 0 Å². The Morgan fingerprint density at radius 1 is 1.12 bits per heavy atom. The average Bonchev–Trinajstić information content (AvgIpc) is 2.55. The minimum atomic E-state index is -3.77. The molecule has 0 aliphatic rings. The molecule has 8 heteroatoms. The highest BCUT2D eigenvalue weighted by molar-refractivity contribution is 7.89. The SMILES string of the molecule is C=C(NNS(=O)(=O)c1cc(C)ccc1C)c1ccc([N+](=O)[O-])cc1. The lowest BCUT2D eigenvalue weighted by Gasteiger charge is -2.13. The Hall–Kier alpha value is -2.71. The van der Waals surface area contributed by atoms with Crippen molar-refractivity contribution in [2.24, 2.45) is 0 Å². The van der Waals surface area contributed by atoms with Crippen molar-refractivity contribution in [2.75, 3.05) is 0 Å². The summed E-state index contributed by atoms with van der Waals surface area (Å²) in [5, 5.41) is 10.6. The van der Waals surface area contributed by atoms with Gasteiger partial charge < -0.3 is 5.43 Å². The topological polar surface area (TPSA) is 101 Å². The number of hydrogen-bond donors (Lipinski definition) is 2. The second-order valence-corrected chi connectivity index (χ2v) is 6.93. The number of non-ortho nitro benzene ring substituents is 1. The summed E-state index contributed by atoms with van der Waals surface area (Å²) in [6.45, 7) is 7.24. The number of sulfonamides is 1. The summed E-state index contributed by atoms with van der Waals surface area (Å²) in [6.07, 6.45) is 0. The van der Waals surface area contributed by atoms with E-state index in [1.54, 1.807) is 19.1 Å². The Kier molecular flexibility index (Phi) is 5.01. The standard InChI is InChI=1S/C16H17N3O4S/c1-11-4-5-12(2)16(10-11)24(22,23)18-17-13(3)14-6-8-15(9-7-14)19(20)21/h4-10,17-18H,3H2,1-2H3. The van der Waals surface area contributed by atoms with Gasteiger partial charge in [0.2, 0.25) is 0 Å². The summed E-state index contributed by atoms with van der Waals surface area (Å²) in [6, 6.07) is 10.8. The zero-order chi connectivity index (χ0) is 17.9. The van der Waals surface area contributed by atoms with E-state index in [2.05, 4.69) is 16.8 Å². The molecule has 24 heavy (non-hydrogen) atoms. The van der Waals surface area contributed by atoms with Crippen LogP contribution in [0.3, 0.4) is 0 Å². The second kappa shape index (κ2) is 6.81. The molecule has 0 fully saturated rings. The van der Waals surface area contributed by atoms with Crippen LogP contribution in [-0.4, -0.2) is 13.3 Å². The zero-order valence-corrected chi connectivity index (χ0v) is 14.1. The Labute approximate surface area is 140 Å². The lowest BCUT2D eigenvalue weighted by Crippen LogP contribution is -2.36. The van der Waals surface area contributed by atoms with Crippen LogP contribution in [0.4, 0.5) is 5.69 Å². The van der Waals surface area contributed by atoms with Gasteiger partial charge in [-0.25, -0.2) is 8.42 Å². The van der Waals surface area contributed by atoms with Crippen LogP contribution in [0.25, 0.3) is 5.70 Å². The van der Waals surface area contributed by atoms with Crippen molar-refractivity contribution in [3.63, 3.8) is 0 Å². The Bertz CT molecular complexity index is 890. The summed E-state index contributed by atoms with van der Waals surface area (Å²) in [5.41, 5.74) is 4.74. The monoisotopic (exact) mass is 347 g/mol. The predicted octanol–water partition coefficient (Wildman–Crippen LogP) is 2.67. The quantitative estimate of drug-likeness (QED) is 0.618. The Morgan fingerprint density at radius 3 is 2.33 bits per heavy atom. The van der Waals surface area contributed by atoms with E-state index in [0.717, 1.165) is 5.56 Å². The highest BCUT2D eigenvalue weighted by Gasteiger charge is 2.17. The maximum absolute atomic E-state index is 12.4. The molecule has 126 valence electrons. The number of hydrazine groups is 1. The van der Waals surface area contributed by atoms with E-state index in [0.29, 0.717) is 11.1 Å². The maximum atomic E-state index is 12.4. The smallest absolute Gasteiger partial charge is 0.269 e. The number of rotatable bonds is 6. The number of nitrogens with zero attached hydrogens (tertiary/aromatic N) is 1. The van der Waals surface area contributed by atoms with Crippen molar-refractivity contribution < 1.29 is 13.3 Å². The van der Waals surface area contributed by atoms with Crippen LogP contribution < -0.4 is 10.3 Å². The van der Waals surface area contributed by atoms with Gasteiger partial charge in [0, 0.05) is 17.8 Å². The summed E-state index contributed by atoms with van der Waals surface area (Å²) in [7, 11) is -3.77. The molecule has 0 bridgehead atoms. The molecule has 0 saturated carbocycles. The molecule has 2 rings (SSSR count). The molecule has 0 unspecified atom stereocenters. The molecule has 2 aromatic carbocycles. The maximum Gasteiger partial charge on any atom is 0.269 e. The van der Waals surface area contributed by atoms with Crippen molar-refractivity contribution in [2.45, 2.75) is 18.7 Å². The third kappa shape index (κ3) is 3.98. The van der Waals surface area contributed by atoms with E-state index >= 15 is 0 Å². The first-order valence-corrected chi connectivity index (χ1v) is 8.48. The first-order chi connectivity index (χ1) is 11.2. The molecule has 7 nitrogen and oxygen atoms in total. The lowest BCUT2D eigenvalue weighted by atomic mass is 10.1. The number of nitro groups is 1. The molecular formula is C16H17N3O4S. The Morgan fingerprint density at radius 2 is 1.75 bits per heavy atom. The number of aryl methyl sites for hydroxylation is 2. The molecule has 2 aromatic rings. The summed E-state index contributed by atoms with van der Waals surface area (Å²) in [5.74, 6) is 0. The van der Waals surface area contributed by atoms with Crippen LogP contribution >= 0.6 is 0 Å². The number of benzene rings is 2. The van der Waals surface area contributed by atoms with Gasteiger partial charge in [0.1, 0.15) is 0 Å². The normalized spacial score (nSPS) is 11.1. The van der Waals surface area contributed by atoms with Gasteiger partial charge in [-0.15, -0.1) is 4.83 Å². The van der Waals surface area contributed by atoms with Crippen molar-refractivity contribution in [1.82, 2.24) is 10.3 Å². The minimum absolute atomic E-state index is 0.0532. The molecule has 0 radical (unpaired) electrons. The van der Waals surface area contributed by atoms with Crippen LogP contribution in [-0.2, 0) is 10.0 Å². The fourth-order valence-electron chi connectivity index (χ4n) is 2.04. The first-order valence-electron chi connectivity index (χ1n) is 6.99. The molecule has 0 aliphatic carbocycles. The predicted molar refractivity (Wildman–Crippen MR) is 91.5 cm³/mol. The molecule has 0 spiro atoms. The van der Waals surface area contributed by atoms with E-state index in [9.17, 15) is 18.5 Å². The summed E-state index contributed by atoms with van der Waals surface area (Å²) < 4.78 is 24.8. The van der Waals surface area contributed by atoms with Crippen molar-refractivity contribution in [3.05, 3.63) is 75.8 Å². The molecule has 0 heterocycles. The van der Waals surface area contributed by atoms with Crippen LogP contribution in [0.1, 0.15) is 16.7 Å². The van der Waals surface area contributed by atoms with Gasteiger partial charge in [0.25, 0.3) is 15.7 Å². The first kappa shape index (κ1) is 17.6. The van der Waals surface area contributed by atoms with Gasteiger partial charge >= 0.3 is 0 Å². The van der Waals surface area contributed by atoms with E-state index in [1.165, 1.54) is 24.3 Å². The second-order valence-electron chi connectivity index (χ2n) is 5.28. The lowest BCUT2D eigenvalue weighted by molar-refractivity contribution is -0.384. The number of nitrogens with one attached hydrogen (secondary N) is 2. The van der Waals surface area contributed by atoms with Gasteiger partial charge in [-0.3, -0.25) is 10.1 Å². The summed E-state index contributed by atoms with van der Waals surface area (Å²) in [4.78, 5) is 12.6. The van der Waals surface area contributed by atoms with E-state index in [1.807, 2.05) is 13.0 Å². The van der Waals surface area contributed by atoms with Crippen LogP contribution in [0, 0.1) is 24.0 Å².